The van der Waals surface area contributed by atoms with Gasteiger partial charge in [0, 0.05) is 34.8 Å². The van der Waals surface area contributed by atoms with Crippen LogP contribution >= 0.6 is 0 Å². The number of allylic oxidation sites excluding steroid dienone is 2. The smallest absolute Gasteiger partial charge is 0.336 e. The third-order valence-electron chi connectivity index (χ3n) is 5.92. The first-order valence-electron chi connectivity index (χ1n) is 9.04. The zero-order chi connectivity index (χ0) is 16.8. The molecule has 0 amide bonds. The van der Waals surface area contributed by atoms with Crippen molar-refractivity contribution in [1.82, 2.24) is 0 Å². The maximum Gasteiger partial charge on any atom is 0.336 e. The molecule has 126 valence electrons. The van der Waals surface area contributed by atoms with Gasteiger partial charge in [-0.1, -0.05) is 26.3 Å². The first-order chi connectivity index (χ1) is 11.5. The standard InChI is InChI=1S/C21H25NO2/c1-12-4-6-16-13(2)9-19(18(16)8-12)22-15-5-7-17-14(3)10-21(23)24-20(17)11-15/h5,7,9-13,16,18,22H,4,6,8H2,1-3H3/t12-,13?,16+,18-/m1/s1. The largest absolute Gasteiger partial charge is 0.423 e. The van der Waals surface area contributed by atoms with E-state index in [1.807, 2.05) is 19.1 Å². The SMILES string of the molecule is Cc1cc(=O)oc2cc(NC3=CC(C)[C@@H]4CC[C@@H](C)C[C@@H]34)ccc12. The number of fused-ring (bicyclic) bond motifs is 2. The summed E-state index contributed by atoms with van der Waals surface area (Å²) >= 11 is 0. The summed E-state index contributed by atoms with van der Waals surface area (Å²) in [4.78, 5) is 11.6. The molecule has 1 N–H and O–H groups in total. The van der Waals surface area contributed by atoms with Gasteiger partial charge in [0.2, 0.25) is 0 Å². The summed E-state index contributed by atoms with van der Waals surface area (Å²) in [6.07, 6.45) is 6.37. The highest BCUT2D eigenvalue weighted by Gasteiger charge is 2.38. The van der Waals surface area contributed by atoms with Crippen molar-refractivity contribution in [2.24, 2.45) is 23.7 Å². The van der Waals surface area contributed by atoms with Gasteiger partial charge in [-0.15, -0.1) is 0 Å². The first kappa shape index (κ1) is 15.5. The van der Waals surface area contributed by atoms with Crippen LogP contribution in [0.25, 0.3) is 11.0 Å². The van der Waals surface area contributed by atoms with E-state index >= 15 is 0 Å². The molecule has 0 saturated heterocycles. The number of nitrogens with one attached hydrogen (secondary N) is 1. The van der Waals surface area contributed by atoms with Crippen LogP contribution in [0.5, 0.6) is 0 Å². The molecule has 2 aliphatic carbocycles. The van der Waals surface area contributed by atoms with Gasteiger partial charge in [-0.25, -0.2) is 4.79 Å². The lowest BCUT2D eigenvalue weighted by molar-refractivity contribution is 0.203. The van der Waals surface area contributed by atoms with Gasteiger partial charge in [-0.3, -0.25) is 0 Å². The van der Waals surface area contributed by atoms with E-state index in [1.54, 1.807) is 6.07 Å². The molecule has 24 heavy (non-hydrogen) atoms. The quantitative estimate of drug-likeness (QED) is 0.782. The summed E-state index contributed by atoms with van der Waals surface area (Å²) in [5.74, 6) is 2.87. The Morgan fingerprint density at radius 2 is 2.00 bits per heavy atom. The van der Waals surface area contributed by atoms with Crippen LogP contribution < -0.4 is 10.9 Å². The summed E-state index contributed by atoms with van der Waals surface area (Å²) in [5, 5.41) is 4.62. The van der Waals surface area contributed by atoms with Crippen molar-refractivity contribution >= 4 is 16.7 Å². The predicted molar refractivity (Wildman–Crippen MR) is 98.1 cm³/mol. The van der Waals surface area contributed by atoms with E-state index in [-0.39, 0.29) is 5.63 Å². The van der Waals surface area contributed by atoms with Crippen molar-refractivity contribution in [3.8, 4) is 0 Å². The molecule has 0 radical (unpaired) electrons. The van der Waals surface area contributed by atoms with Crippen LogP contribution in [0.2, 0.25) is 0 Å². The summed E-state index contributed by atoms with van der Waals surface area (Å²) in [5.41, 5.74) is 3.70. The average molecular weight is 323 g/mol. The number of aryl methyl sites for hydroxylation is 1. The van der Waals surface area contributed by atoms with Crippen molar-refractivity contribution in [2.45, 2.75) is 40.0 Å². The van der Waals surface area contributed by atoms with E-state index < -0.39 is 0 Å². The van der Waals surface area contributed by atoms with E-state index in [2.05, 4.69) is 31.3 Å². The highest BCUT2D eigenvalue weighted by Crippen LogP contribution is 2.47. The van der Waals surface area contributed by atoms with Gasteiger partial charge in [0.05, 0.1) is 0 Å². The average Bonchev–Trinajstić information content (AvgIpc) is 2.82. The van der Waals surface area contributed by atoms with Crippen LogP contribution in [0.15, 0.2) is 45.3 Å². The second-order valence-electron chi connectivity index (χ2n) is 7.75. The summed E-state index contributed by atoms with van der Waals surface area (Å²) in [6.45, 7) is 6.65. The van der Waals surface area contributed by atoms with Gasteiger partial charge >= 0.3 is 5.63 Å². The summed E-state index contributed by atoms with van der Waals surface area (Å²) in [6, 6.07) is 7.62. The summed E-state index contributed by atoms with van der Waals surface area (Å²) in [7, 11) is 0. The number of hydrogen-bond donors (Lipinski definition) is 1. The molecule has 0 aliphatic heterocycles. The first-order valence-corrected chi connectivity index (χ1v) is 9.04. The number of benzene rings is 1. The third-order valence-corrected chi connectivity index (χ3v) is 5.92. The van der Waals surface area contributed by atoms with Crippen molar-refractivity contribution in [2.75, 3.05) is 5.32 Å². The van der Waals surface area contributed by atoms with Crippen LogP contribution in [0.4, 0.5) is 5.69 Å². The van der Waals surface area contributed by atoms with Crippen LogP contribution in [0.3, 0.4) is 0 Å². The van der Waals surface area contributed by atoms with Gasteiger partial charge in [0.1, 0.15) is 5.58 Å². The van der Waals surface area contributed by atoms with Crippen molar-refractivity contribution < 1.29 is 4.42 Å². The molecule has 4 atom stereocenters. The van der Waals surface area contributed by atoms with Gasteiger partial charge in [-0.2, -0.15) is 0 Å². The maximum absolute atomic E-state index is 11.6. The lowest BCUT2D eigenvalue weighted by Gasteiger charge is -2.34. The molecule has 1 aromatic carbocycles. The van der Waals surface area contributed by atoms with E-state index in [9.17, 15) is 4.79 Å². The molecule has 4 rings (SSSR count). The molecule has 0 spiro atoms. The maximum atomic E-state index is 11.6. The summed E-state index contributed by atoms with van der Waals surface area (Å²) < 4.78 is 5.38. The Kier molecular flexibility index (Phi) is 3.75. The normalized spacial score (nSPS) is 29.4. The van der Waals surface area contributed by atoms with Crippen LogP contribution in [-0.2, 0) is 0 Å². The Hall–Kier alpha value is -2.03. The topological polar surface area (TPSA) is 42.2 Å². The highest BCUT2D eigenvalue weighted by atomic mass is 16.4. The lowest BCUT2D eigenvalue weighted by Crippen LogP contribution is -2.26. The van der Waals surface area contributed by atoms with Crippen molar-refractivity contribution in [3.05, 3.63) is 52.0 Å². The Bertz CT molecular complexity index is 864. The van der Waals surface area contributed by atoms with Crippen molar-refractivity contribution in [1.29, 1.82) is 0 Å². The van der Waals surface area contributed by atoms with Gasteiger partial charge in [-0.05, 0) is 55.2 Å². The number of anilines is 1. The van der Waals surface area contributed by atoms with E-state index in [1.165, 1.54) is 25.0 Å². The molecule has 1 aromatic heterocycles. The molecule has 0 bridgehead atoms. The highest BCUT2D eigenvalue weighted by molar-refractivity contribution is 5.83. The minimum Gasteiger partial charge on any atom is -0.423 e. The van der Waals surface area contributed by atoms with Crippen LogP contribution in [0, 0.1) is 30.6 Å². The van der Waals surface area contributed by atoms with E-state index in [0.29, 0.717) is 17.4 Å². The van der Waals surface area contributed by atoms with E-state index in [0.717, 1.165) is 28.5 Å². The van der Waals surface area contributed by atoms with Crippen LogP contribution in [0.1, 0.15) is 38.7 Å². The Balaban J connectivity index is 1.64. The fraction of sp³-hybridized carbons (Fsp3) is 0.476. The predicted octanol–water partition coefficient (Wildman–Crippen LogP) is 5.10. The van der Waals surface area contributed by atoms with Gasteiger partial charge < -0.3 is 9.73 Å². The Morgan fingerprint density at radius 1 is 1.17 bits per heavy atom. The Labute approximate surface area is 142 Å². The molecule has 2 aliphatic rings. The molecular weight excluding hydrogens is 298 g/mol. The molecule has 3 heteroatoms. The Morgan fingerprint density at radius 3 is 2.83 bits per heavy atom. The fourth-order valence-electron chi connectivity index (χ4n) is 4.63. The van der Waals surface area contributed by atoms with Gasteiger partial charge in [0.15, 0.2) is 0 Å². The molecule has 1 fully saturated rings. The molecular formula is C21H25NO2. The minimum atomic E-state index is -0.285. The third kappa shape index (κ3) is 2.66. The molecule has 1 saturated carbocycles. The molecule has 1 heterocycles. The second-order valence-corrected chi connectivity index (χ2v) is 7.75. The fourth-order valence-corrected chi connectivity index (χ4v) is 4.63. The lowest BCUT2D eigenvalue weighted by atomic mass is 9.73. The number of hydrogen-bond acceptors (Lipinski definition) is 3. The molecule has 2 aromatic rings. The van der Waals surface area contributed by atoms with Crippen LogP contribution in [-0.4, -0.2) is 0 Å². The zero-order valence-electron chi connectivity index (χ0n) is 14.6. The second kappa shape index (κ2) is 5.80. The zero-order valence-corrected chi connectivity index (χ0v) is 14.6. The van der Waals surface area contributed by atoms with E-state index in [4.69, 9.17) is 4.42 Å². The number of rotatable bonds is 2. The minimum absolute atomic E-state index is 0.285. The molecule has 1 unspecified atom stereocenters. The van der Waals surface area contributed by atoms with Gasteiger partial charge in [0.25, 0.3) is 0 Å². The molecule has 3 nitrogen and oxygen atoms in total. The monoisotopic (exact) mass is 323 g/mol. The van der Waals surface area contributed by atoms with Crippen molar-refractivity contribution in [3.63, 3.8) is 0 Å².